The SMILES string of the molecule is CCCCCCCc1ccnn1CC. The summed E-state index contributed by atoms with van der Waals surface area (Å²) in [6.45, 7) is 5.40. The molecule has 0 spiro atoms. The van der Waals surface area contributed by atoms with Crippen molar-refractivity contribution in [3.63, 3.8) is 0 Å². The van der Waals surface area contributed by atoms with Gasteiger partial charge in [-0.3, -0.25) is 4.68 Å². The minimum Gasteiger partial charge on any atom is -0.270 e. The van der Waals surface area contributed by atoms with E-state index in [1.54, 1.807) is 0 Å². The molecule has 0 unspecified atom stereocenters. The zero-order valence-corrected chi connectivity index (χ0v) is 9.50. The van der Waals surface area contributed by atoms with E-state index in [1.165, 1.54) is 44.2 Å². The molecule has 14 heavy (non-hydrogen) atoms. The van der Waals surface area contributed by atoms with Gasteiger partial charge in [0.25, 0.3) is 0 Å². The molecule has 0 aliphatic rings. The van der Waals surface area contributed by atoms with Crippen LogP contribution in [0.5, 0.6) is 0 Å². The summed E-state index contributed by atoms with van der Waals surface area (Å²) in [5.74, 6) is 0. The summed E-state index contributed by atoms with van der Waals surface area (Å²) in [4.78, 5) is 0. The summed E-state index contributed by atoms with van der Waals surface area (Å²) in [5.41, 5.74) is 1.39. The molecule has 0 aliphatic heterocycles. The molecule has 1 aromatic heterocycles. The van der Waals surface area contributed by atoms with Crippen LogP contribution in [0.3, 0.4) is 0 Å². The summed E-state index contributed by atoms with van der Waals surface area (Å²) in [6, 6.07) is 2.14. The Morgan fingerprint density at radius 2 is 1.93 bits per heavy atom. The lowest BCUT2D eigenvalue weighted by Crippen LogP contribution is -2.02. The van der Waals surface area contributed by atoms with Gasteiger partial charge >= 0.3 is 0 Å². The van der Waals surface area contributed by atoms with E-state index < -0.39 is 0 Å². The van der Waals surface area contributed by atoms with Crippen LogP contribution in [0.25, 0.3) is 0 Å². The van der Waals surface area contributed by atoms with Crippen molar-refractivity contribution in [2.45, 2.75) is 58.9 Å². The predicted octanol–water partition coefficient (Wildman–Crippen LogP) is 3.42. The zero-order valence-electron chi connectivity index (χ0n) is 9.50. The molecule has 80 valence electrons. The molecule has 0 atom stereocenters. The number of nitrogens with zero attached hydrogens (tertiary/aromatic N) is 2. The second kappa shape index (κ2) is 6.63. The minimum atomic E-state index is 0.997. The predicted molar refractivity (Wildman–Crippen MR) is 60.4 cm³/mol. The van der Waals surface area contributed by atoms with Crippen molar-refractivity contribution in [2.75, 3.05) is 0 Å². The maximum Gasteiger partial charge on any atom is 0.0492 e. The van der Waals surface area contributed by atoms with Gasteiger partial charge in [0.15, 0.2) is 0 Å². The highest BCUT2D eigenvalue weighted by molar-refractivity contribution is 5.00. The van der Waals surface area contributed by atoms with Crippen LogP contribution in [0, 0.1) is 0 Å². The van der Waals surface area contributed by atoms with Gasteiger partial charge < -0.3 is 0 Å². The fourth-order valence-electron chi connectivity index (χ4n) is 1.77. The molecule has 1 rings (SSSR count). The Morgan fingerprint density at radius 3 is 2.64 bits per heavy atom. The van der Waals surface area contributed by atoms with E-state index in [0.29, 0.717) is 0 Å². The molecular formula is C12H22N2. The minimum absolute atomic E-state index is 0.997. The number of hydrogen-bond donors (Lipinski definition) is 0. The molecule has 2 nitrogen and oxygen atoms in total. The van der Waals surface area contributed by atoms with Gasteiger partial charge in [0.1, 0.15) is 0 Å². The van der Waals surface area contributed by atoms with Gasteiger partial charge in [-0.15, -0.1) is 0 Å². The van der Waals surface area contributed by atoms with Crippen molar-refractivity contribution in [2.24, 2.45) is 0 Å². The van der Waals surface area contributed by atoms with Crippen LogP contribution in [0.4, 0.5) is 0 Å². The lowest BCUT2D eigenvalue weighted by molar-refractivity contribution is 0.583. The van der Waals surface area contributed by atoms with Gasteiger partial charge in [-0.2, -0.15) is 5.10 Å². The first kappa shape index (κ1) is 11.3. The molecule has 0 amide bonds. The summed E-state index contributed by atoms with van der Waals surface area (Å²) >= 11 is 0. The maximum atomic E-state index is 4.27. The Balaban J connectivity index is 2.17. The lowest BCUT2D eigenvalue weighted by atomic mass is 10.1. The number of unbranched alkanes of at least 4 members (excludes halogenated alkanes) is 4. The van der Waals surface area contributed by atoms with Crippen molar-refractivity contribution in [1.29, 1.82) is 0 Å². The molecule has 0 bridgehead atoms. The average Bonchev–Trinajstić information content (AvgIpc) is 2.65. The van der Waals surface area contributed by atoms with Gasteiger partial charge in [-0.25, -0.2) is 0 Å². The maximum absolute atomic E-state index is 4.27. The van der Waals surface area contributed by atoms with E-state index in [2.05, 4.69) is 29.7 Å². The summed E-state index contributed by atoms with van der Waals surface area (Å²) in [5, 5.41) is 4.27. The number of hydrogen-bond acceptors (Lipinski definition) is 1. The highest BCUT2D eigenvalue weighted by atomic mass is 15.3. The molecule has 0 fully saturated rings. The van der Waals surface area contributed by atoms with Crippen molar-refractivity contribution in [3.8, 4) is 0 Å². The fourth-order valence-corrected chi connectivity index (χ4v) is 1.77. The fraction of sp³-hybridized carbons (Fsp3) is 0.750. The van der Waals surface area contributed by atoms with Crippen molar-refractivity contribution < 1.29 is 0 Å². The van der Waals surface area contributed by atoms with Crippen LogP contribution in [-0.2, 0) is 13.0 Å². The van der Waals surface area contributed by atoms with Gasteiger partial charge in [0.05, 0.1) is 0 Å². The summed E-state index contributed by atoms with van der Waals surface area (Å²) in [7, 11) is 0. The van der Waals surface area contributed by atoms with Crippen molar-refractivity contribution in [3.05, 3.63) is 18.0 Å². The Hall–Kier alpha value is -0.790. The van der Waals surface area contributed by atoms with Crippen molar-refractivity contribution >= 4 is 0 Å². The molecule has 0 saturated carbocycles. The van der Waals surface area contributed by atoms with E-state index >= 15 is 0 Å². The lowest BCUT2D eigenvalue weighted by Gasteiger charge is -2.04. The second-order valence-electron chi connectivity index (χ2n) is 3.80. The van der Waals surface area contributed by atoms with E-state index in [1.807, 2.05) is 6.20 Å². The first-order valence-electron chi connectivity index (χ1n) is 5.89. The summed E-state index contributed by atoms with van der Waals surface area (Å²) < 4.78 is 2.10. The third-order valence-corrected chi connectivity index (χ3v) is 2.64. The normalized spacial score (nSPS) is 10.7. The molecule has 1 aromatic rings. The van der Waals surface area contributed by atoms with Gasteiger partial charge in [-0.05, 0) is 25.8 Å². The standard InChI is InChI=1S/C12H22N2/c1-3-5-6-7-8-9-12-10-11-13-14(12)4-2/h10-11H,3-9H2,1-2H3. The third-order valence-electron chi connectivity index (χ3n) is 2.64. The van der Waals surface area contributed by atoms with Gasteiger partial charge in [0.2, 0.25) is 0 Å². The third kappa shape index (κ3) is 3.52. The van der Waals surface area contributed by atoms with E-state index in [9.17, 15) is 0 Å². The Morgan fingerprint density at radius 1 is 1.14 bits per heavy atom. The highest BCUT2D eigenvalue weighted by Gasteiger charge is 1.99. The van der Waals surface area contributed by atoms with Crippen LogP contribution in [-0.4, -0.2) is 9.78 Å². The molecular weight excluding hydrogens is 172 g/mol. The van der Waals surface area contributed by atoms with Gasteiger partial charge in [0, 0.05) is 18.4 Å². The number of aryl methyl sites for hydroxylation is 2. The molecule has 2 heteroatoms. The quantitative estimate of drug-likeness (QED) is 0.608. The first-order chi connectivity index (χ1) is 6.88. The molecule has 0 N–H and O–H groups in total. The summed E-state index contributed by atoms with van der Waals surface area (Å²) in [6.07, 6.45) is 9.87. The zero-order chi connectivity index (χ0) is 10.2. The first-order valence-corrected chi connectivity index (χ1v) is 5.89. The smallest absolute Gasteiger partial charge is 0.0492 e. The number of aromatic nitrogens is 2. The highest BCUT2D eigenvalue weighted by Crippen LogP contribution is 2.08. The molecule has 0 radical (unpaired) electrons. The van der Waals surface area contributed by atoms with Crippen LogP contribution >= 0.6 is 0 Å². The second-order valence-corrected chi connectivity index (χ2v) is 3.80. The average molecular weight is 194 g/mol. The molecule has 1 heterocycles. The van der Waals surface area contributed by atoms with Gasteiger partial charge in [-0.1, -0.05) is 32.6 Å². The van der Waals surface area contributed by atoms with Crippen LogP contribution in [0.15, 0.2) is 12.3 Å². The van der Waals surface area contributed by atoms with E-state index in [0.717, 1.165) is 6.54 Å². The van der Waals surface area contributed by atoms with Crippen LogP contribution in [0.1, 0.15) is 51.6 Å². The Kier molecular flexibility index (Phi) is 5.35. The van der Waals surface area contributed by atoms with E-state index in [-0.39, 0.29) is 0 Å². The van der Waals surface area contributed by atoms with Crippen LogP contribution in [0.2, 0.25) is 0 Å². The van der Waals surface area contributed by atoms with E-state index in [4.69, 9.17) is 0 Å². The largest absolute Gasteiger partial charge is 0.270 e. The topological polar surface area (TPSA) is 17.8 Å². The molecule has 0 saturated heterocycles. The Labute approximate surface area is 87.3 Å². The van der Waals surface area contributed by atoms with Crippen molar-refractivity contribution in [1.82, 2.24) is 9.78 Å². The molecule has 0 aliphatic carbocycles. The number of rotatable bonds is 7. The molecule has 0 aromatic carbocycles. The Bertz CT molecular complexity index is 240. The van der Waals surface area contributed by atoms with Crippen LogP contribution < -0.4 is 0 Å². The monoisotopic (exact) mass is 194 g/mol.